The molecular weight excluding hydrogens is 186 g/mol. The molecule has 0 aliphatic heterocycles. The molecule has 0 amide bonds. The summed E-state index contributed by atoms with van der Waals surface area (Å²) in [6.45, 7) is 4.87. The molecule has 0 radical (unpaired) electrons. The van der Waals surface area contributed by atoms with Crippen molar-refractivity contribution in [1.82, 2.24) is 5.32 Å². The van der Waals surface area contributed by atoms with Crippen molar-refractivity contribution in [2.24, 2.45) is 11.8 Å². The van der Waals surface area contributed by atoms with E-state index in [1.807, 2.05) is 0 Å². The van der Waals surface area contributed by atoms with E-state index in [9.17, 15) is 0 Å². The Morgan fingerprint density at radius 2 is 2.00 bits per heavy atom. The number of rotatable bonds is 8. The molecule has 0 saturated heterocycles. The molecule has 1 unspecified atom stereocenters. The number of hydrogen-bond acceptors (Lipinski definition) is 2. The SMILES string of the molecule is CCCC(CCO)CNCC1CCCC1. The maximum absolute atomic E-state index is 8.95. The van der Waals surface area contributed by atoms with Crippen LogP contribution in [0.4, 0.5) is 0 Å². The van der Waals surface area contributed by atoms with E-state index in [2.05, 4.69) is 12.2 Å². The topological polar surface area (TPSA) is 32.3 Å². The van der Waals surface area contributed by atoms with Crippen LogP contribution in [-0.4, -0.2) is 24.8 Å². The second kappa shape index (κ2) is 8.12. The molecule has 1 fully saturated rings. The molecule has 1 aliphatic carbocycles. The van der Waals surface area contributed by atoms with E-state index in [-0.39, 0.29) is 0 Å². The average molecular weight is 213 g/mol. The van der Waals surface area contributed by atoms with Crippen molar-refractivity contribution in [2.75, 3.05) is 19.7 Å². The molecule has 1 saturated carbocycles. The van der Waals surface area contributed by atoms with Gasteiger partial charge in [0.1, 0.15) is 0 Å². The highest BCUT2D eigenvalue weighted by Gasteiger charge is 2.15. The zero-order valence-corrected chi connectivity index (χ0v) is 10.2. The molecule has 0 spiro atoms. The first-order valence-electron chi connectivity index (χ1n) is 6.68. The third kappa shape index (κ3) is 5.53. The van der Waals surface area contributed by atoms with E-state index < -0.39 is 0 Å². The maximum Gasteiger partial charge on any atom is 0.0434 e. The minimum absolute atomic E-state index is 0.343. The molecule has 1 aliphatic rings. The Morgan fingerprint density at radius 3 is 2.60 bits per heavy atom. The molecule has 1 rings (SSSR count). The fourth-order valence-electron chi connectivity index (χ4n) is 2.65. The molecule has 0 heterocycles. The van der Waals surface area contributed by atoms with Gasteiger partial charge in [-0.2, -0.15) is 0 Å². The Hall–Kier alpha value is -0.0800. The molecule has 2 N–H and O–H groups in total. The first-order valence-corrected chi connectivity index (χ1v) is 6.68. The first-order chi connectivity index (χ1) is 7.36. The molecule has 0 aromatic rings. The second-order valence-corrected chi connectivity index (χ2v) is 4.98. The fraction of sp³-hybridized carbons (Fsp3) is 1.00. The van der Waals surface area contributed by atoms with E-state index in [1.54, 1.807) is 0 Å². The zero-order valence-electron chi connectivity index (χ0n) is 10.2. The zero-order chi connectivity index (χ0) is 10.9. The van der Waals surface area contributed by atoms with Gasteiger partial charge in [-0.25, -0.2) is 0 Å². The van der Waals surface area contributed by atoms with Crippen LogP contribution >= 0.6 is 0 Å². The van der Waals surface area contributed by atoms with E-state index in [4.69, 9.17) is 5.11 Å². The van der Waals surface area contributed by atoms with Crippen molar-refractivity contribution in [3.63, 3.8) is 0 Å². The van der Waals surface area contributed by atoms with Crippen LogP contribution in [0.25, 0.3) is 0 Å². The van der Waals surface area contributed by atoms with Gasteiger partial charge >= 0.3 is 0 Å². The number of hydrogen-bond donors (Lipinski definition) is 2. The summed E-state index contributed by atoms with van der Waals surface area (Å²) in [5.41, 5.74) is 0. The summed E-state index contributed by atoms with van der Waals surface area (Å²) < 4.78 is 0. The predicted molar refractivity (Wildman–Crippen MR) is 64.9 cm³/mol. The van der Waals surface area contributed by atoms with Crippen LogP contribution < -0.4 is 5.32 Å². The second-order valence-electron chi connectivity index (χ2n) is 4.98. The lowest BCUT2D eigenvalue weighted by Crippen LogP contribution is -2.27. The van der Waals surface area contributed by atoms with Crippen LogP contribution in [0.15, 0.2) is 0 Å². The molecule has 90 valence electrons. The Balaban J connectivity index is 2.04. The summed E-state index contributed by atoms with van der Waals surface area (Å²) >= 11 is 0. The average Bonchev–Trinajstić information content (AvgIpc) is 2.71. The molecule has 15 heavy (non-hydrogen) atoms. The largest absolute Gasteiger partial charge is 0.396 e. The summed E-state index contributed by atoms with van der Waals surface area (Å²) in [5, 5.41) is 12.5. The maximum atomic E-state index is 8.95. The van der Waals surface area contributed by atoms with Crippen LogP contribution in [0.5, 0.6) is 0 Å². The standard InChI is InChI=1S/C13H27NO/c1-2-5-12(8-9-15)10-14-11-13-6-3-4-7-13/h12-15H,2-11H2,1H3. The minimum atomic E-state index is 0.343. The Bertz CT molecular complexity index is 137. The molecule has 0 aromatic heterocycles. The van der Waals surface area contributed by atoms with Crippen LogP contribution in [0.1, 0.15) is 51.9 Å². The van der Waals surface area contributed by atoms with Gasteiger partial charge in [-0.3, -0.25) is 0 Å². The van der Waals surface area contributed by atoms with Gasteiger partial charge in [0.2, 0.25) is 0 Å². The summed E-state index contributed by atoms with van der Waals surface area (Å²) in [6, 6.07) is 0. The normalized spacial score (nSPS) is 19.6. The lowest BCUT2D eigenvalue weighted by molar-refractivity contribution is 0.246. The van der Waals surface area contributed by atoms with Crippen LogP contribution in [-0.2, 0) is 0 Å². The summed E-state index contributed by atoms with van der Waals surface area (Å²) in [5.74, 6) is 1.61. The highest BCUT2D eigenvalue weighted by Crippen LogP contribution is 2.23. The predicted octanol–water partition coefficient (Wildman–Crippen LogP) is 2.56. The molecule has 1 atom stereocenters. The van der Waals surface area contributed by atoms with E-state index in [0.717, 1.165) is 18.9 Å². The third-order valence-corrected chi connectivity index (χ3v) is 3.58. The van der Waals surface area contributed by atoms with Gasteiger partial charge in [0.05, 0.1) is 0 Å². The number of aliphatic hydroxyl groups excluding tert-OH is 1. The fourth-order valence-corrected chi connectivity index (χ4v) is 2.65. The van der Waals surface area contributed by atoms with Gasteiger partial charge in [0.15, 0.2) is 0 Å². The van der Waals surface area contributed by atoms with Gasteiger partial charge in [0, 0.05) is 6.61 Å². The molecule has 2 heteroatoms. The van der Waals surface area contributed by atoms with E-state index in [1.165, 1.54) is 45.1 Å². The van der Waals surface area contributed by atoms with Crippen molar-refractivity contribution >= 4 is 0 Å². The van der Waals surface area contributed by atoms with Gasteiger partial charge in [-0.05, 0) is 50.6 Å². The highest BCUT2D eigenvalue weighted by molar-refractivity contribution is 4.70. The molecular formula is C13H27NO. The van der Waals surface area contributed by atoms with Crippen LogP contribution in [0.3, 0.4) is 0 Å². The van der Waals surface area contributed by atoms with Crippen LogP contribution in [0, 0.1) is 11.8 Å². The first kappa shape index (κ1) is 13.0. The molecule has 0 bridgehead atoms. The molecule has 0 aromatic carbocycles. The minimum Gasteiger partial charge on any atom is -0.396 e. The Morgan fingerprint density at radius 1 is 1.27 bits per heavy atom. The smallest absolute Gasteiger partial charge is 0.0434 e. The Kier molecular flexibility index (Phi) is 7.03. The lowest BCUT2D eigenvalue weighted by atomic mass is 10.00. The summed E-state index contributed by atoms with van der Waals surface area (Å²) in [4.78, 5) is 0. The van der Waals surface area contributed by atoms with Gasteiger partial charge in [0.25, 0.3) is 0 Å². The highest BCUT2D eigenvalue weighted by atomic mass is 16.3. The van der Waals surface area contributed by atoms with Crippen molar-refractivity contribution in [1.29, 1.82) is 0 Å². The van der Waals surface area contributed by atoms with Crippen molar-refractivity contribution < 1.29 is 5.11 Å². The van der Waals surface area contributed by atoms with Crippen LogP contribution in [0.2, 0.25) is 0 Å². The molecule has 2 nitrogen and oxygen atoms in total. The third-order valence-electron chi connectivity index (χ3n) is 3.58. The van der Waals surface area contributed by atoms with E-state index >= 15 is 0 Å². The van der Waals surface area contributed by atoms with Crippen molar-refractivity contribution in [2.45, 2.75) is 51.9 Å². The summed E-state index contributed by atoms with van der Waals surface area (Å²) in [7, 11) is 0. The lowest BCUT2D eigenvalue weighted by Gasteiger charge is -2.17. The Labute approximate surface area is 94.5 Å². The number of aliphatic hydroxyl groups is 1. The van der Waals surface area contributed by atoms with Gasteiger partial charge in [-0.1, -0.05) is 26.2 Å². The van der Waals surface area contributed by atoms with Crippen molar-refractivity contribution in [3.05, 3.63) is 0 Å². The van der Waals surface area contributed by atoms with Crippen molar-refractivity contribution in [3.8, 4) is 0 Å². The van der Waals surface area contributed by atoms with Gasteiger partial charge < -0.3 is 10.4 Å². The van der Waals surface area contributed by atoms with E-state index in [0.29, 0.717) is 12.5 Å². The quantitative estimate of drug-likeness (QED) is 0.649. The monoisotopic (exact) mass is 213 g/mol. The summed E-state index contributed by atoms with van der Waals surface area (Å²) in [6.07, 6.45) is 9.15. The van der Waals surface area contributed by atoms with Gasteiger partial charge in [-0.15, -0.1) is 0 Å². The number of nitrogens with one attached hydrogen (secondary N) is 1.